The van der Waals surface area contributed by atoms with Crippen LogP contribution in [0.25, 0.3) is 0 Å². The number of morpholine rings is 1. The molecule has 156 valence electrons. The number of aromatic nitrogens is 1. The van der Waals surface area contributed by atoms with E-state index in [1.807, 2.05) is 0 Å². The van der Waals surface area contributed by atoms with E-state index >= 15 is 0 Å². The maximum Gasteiger partial charge on any atom is 0.456 e. The zero-order valence-electron chi connectivity index (χ0n) is 13.1. The molecule has 1 saturated heterocycles. The summed E-state index contributed by atoms with van der Waals surface area (Å²) in [6.45, 7) is 3.83. The van der Waals surface area contributed by atoms with E-state index in [0.717, 1.165) is 31.3 Å². The zero-order valence-corrected chi connectivity index (χ0v) is 13.1. The second kappa shape index (κ2) is 8.06. The summed E-state index contributed by atoms with van der Waals surface area (Å²) in [4.78, 5) is 11.7. The van der Waals surface area contributed by atoms with Crippen LogP contribution in [-0.2, 0) is 10.3 Å². The molecule has 1 aliphatic heterocycles. The molecule has 0 aromatic carbocycles. The Kier molecular flexibility index (Phi) is 6.94. The van der Waals surface area contributed by atoms with Gasteiger partial charge in [-0.05, 0) is 12.1 Å². The number of ether oxygens (including phenoxy) is 1. The minimum Gasteiger partial charge on any atom is -0.379 e. The van der Waals surface area contributed by atoms with Gasteiger partial charge in [0.25, 0.3) is 11.4 Å². The molecule has 0 atom stereocenters. The molecule has 0 unspecified atom stereocenters. The lowest BCUT2D eigenvalue weighted by molar-refractivity contribution is -0.377. The van der Waals surface area contributed by atoms with Crippen molar-refractivity contribution in [1.82, 2.24) is 10.3 Å². The number of aromatic amines is 1. The lowest BCUT2D eigenvalue weighted by Gasteiger charge is -2.31. The van der Waals surface area contributed by atoms with Gasteiger partial charge in [0.2, 0.25) is 0 Å². The first-order valence-corrected chi connectivity index (χ1v) is 7.07. The minimum atomic E-state index is -6.27. The fourth-order valence-electron chi connectivity index (χ4n) is 1.87. The van der Waals surface area contributed by atoms with Gasteiger partial charge < -0.3 is 20.1 Å². The Morgan fingerprint density at radius 2 is 1.41 bits per heavy atom. The van der Waals surface area contributed by atoms with Crippen molar-refractivity contribution in [2.24, 2.45) is 0 Å². The molecule has 2 rings (SSSR count). The monoisotopic (exact) mass is 416 g/mol. The second-order valence-electron chi connectivity index (χ2n) is 5.18. The average molecular weight is 416 g/mol. The number of rotatable bonds is 2. The Morgan fingerprint density at radius 3 is 1.70 bits per heavy atom. The molecular formula is C13H13F9N2O3. The third-order valence-corrected chi connectivity index (χ3v) is 3.24. The summed E-state index contributed by atoms with van der Waals surface area (Å²) in [7, 11) is 0. The van der Waals surface area contributed by atoms with Crippen LogP contribution in [0.5, 0.6) is 0 Å². The summed E-state index contributed by atoms with van der Waals surface area (Å²) in [5, 5.41) is 12.0. The fourth-order valence-corrected chi connectivity index (χ4v) is 1.87. The third-order valence-electron chi connectivity index (χ3n) is 3.24. The predicted octanol–water partition coefficient (Wildman–Crippen LogP) is 2.68. The van der Waals surface area contributed by atoms with Gasteiger partial charge in [-0.15, -0.1) is 0 Å². The molecule has 3 N–H and O–H groups in total. The van der Waals surface area contributed by atoms with Gasteiger partial charge in [-0.1, -0.05) is 0 Å². The highest BCUT2D eigenvalue weighted by molar-refractivity contribution is 5.98. The van der Waals surface area contributed by atoms with Gasteiger partial charge in [-0.25, -0.2) is 0 Å². The van der Waals surface area contributed by atoms with Crippen molar-refractivity contribution in [1.29, 1.82) is 0 Å². The van der Waals surface area contributed by atoms with Crippen molar-refractivity contribution < 1.29 is 54.2 Å². The van der Waals surface area contributed by atoms with Crippen LogP contribution in [0, 0.1) is 0 Å². The molecule has 1 fully saturated rings. The first-order valence-electron chi connectivity index (χ1n) is 7.07. The van der Waals surface area contributed by atoms with Crippen molar-refractivity contribution >= 4 is 5.78 Å². The number of alkyl halides is 9. The van der Waals surface area contributed by atoms with E-state index in [9.17, 15) is 44.3 Å². The molecule has 14 heteroatoms. The molecule has 0 bridgehead atoms. The van der Waals surface area contributed by atoms with Crippen molar-refractivity contribution in [2.45, 2.75) is 24.1 Å². The van der Waals surface area contributed by atoms with Crippen LogP contribution in [0.3, 0.4) is 0 Å². The van der Waals surface area contributed by atoms with E-state index in [-0.39, 0.29) is 12.1 Å². The number of aliphatic hydroxyl groups is 1. The molecule has 5 nitrogen and oxygen atoms in total. The van der Waals surface area contributed by atoms with Gasteiger partial charge in [0.05, 0.1) is 24.6 Å². The topological polar surface area (TPSA) is 74.3 Å². The van der Waals surface area contributed by atoms with Crippen molar-refractivity contribution in [3.8, 4) is 0 Å². The van der Waals surface area contributed by atoms with E-state index < -0.39 is 41.3 Å². The summed E-state index contributed by atoms with van der Waals surface area (Å²) in [5.74, 6) is -2.68. The maximum atomic E-state index is 12.4. The smallest absolute Gasteiger partial charge is 0.379 e. The Bertz CT molecular complexity index is 605. The number of H-pyrrole nitrogens is 1. The van der Waals surface area contributed by atoms with Gasteiger partial charge in [-0.2, -0.15) is 39.5 Å². The maximum absolute atomic E-state index is 12.4. The van der Waals surface area contributed by atoms with E-state index in [1.165, 1.54) is 0 Å². The summed E-state index contributed by atoms with van der Waals surface area (Å²) in [5.41, 5.74) is -9.04. The third kappa shape index (κ3) is 5.35. The minimum absolute atomic E-state index is 0.0631. The summed E-state index contributed by atoms with van der Waals surface area (Å²) in [6.07, 6.45) is -18.0. The SMILES string of the molecule is C1COCCN1.O=C(c1ccc(C(O)(C(F)(F)F)C(F)(F)F)[nH]1)C(F)(F)F. The normalized spacial score (nSPS) is 16.5. The van der Waals surface area contributed by atoms with Gasteiger partial charge >= 0.3 is 18.5 Å². The number of ketones is 1. The highest BCUT2D eigenvalue weighted by Gasteiger charge is 2.72. The van der Waals surface area contributed by atoms with Crippen LogP contribution in [0.2, 0.25) is 0 Å². The summed E-state index contributed by atoms with van der Waals surface area (Å²) < 4.78 is 116. The van der Waals surface area contributed by atoms with Gasteiger partial charge in [0, 0.05) is 13.1 Å². The van der Waals surface area contributed by atoms with E-state index in [0.29, 0.717) is 0 Å². The van der Waals surface area contributed by atoms with Crippen molar-refractivity contribution in [3.63, 3.8) is 0 Å². The lowest BCUT2D eigenvalue weighted by atomic mass is 9.98. The first kappa shape index (κ1) is 23.2. The molecule has 0 saturated carbocycles. The van der Waals surface area contributed by atoms with Crippen LogP contribution < -0.4 is 5.32 Å². The number of hydrogen-bond acceptors (Lipinski definition) is 4. The molecule has 1 aromatic rings. The lowest BCUT2D eigenvalue weighted by Crippen LogP contribution is -2.54. The van der Waals surface area contributed by atoms with Gasteiger partial charge in [0.1, 0.15) is 0 Å². The molecule has 2 heterocycles. The Morgan fingerprint density at radius 1 is 0.926 bits per heavy atom. The summed E-state index contributed by atoms with van der Waals surface area (Å²) in [6, 6.07) is -0.0342. The summed E-state index contributed by atoms with van der Waals surface area (Å²) >= 11 is 0. The molecular weight excluding hydrogens is 403 g/mol. The molecule has 0 radical (unpaired) electrons. The number of carbonyl (C=O) groups excluding carboxylic acids is 1. The molecule has 0 aliphatic carbocycles. The Labute approximate surface area is 145 Å². The fraction of sp³-hybridized carbons (Fsp3) is 0.615. The molecule has 0 spiro atoms. The standard InChI is InChI=1S/C9H4F9NO2.C4H9NO/c10-7(11,12)5(20)3-1-2-4(19-3)6(21,8(13,14)15)9(16,17)18;1-3-6-4-2-5-1/h1-2,19,21H;5H,1-4H2. The number of nitrogens with one attached hydrogen (secondary N) is 2. The Balaban J connectivity index is 0.000000511. The predicted molar refractivity (Wildman–Crippen MR) is 70.9 cm³/mol. The van der Waals surface area contributed by atoms with Crippen LogP contribution in [0.4, 0.5) is 39.5 Å². The van der Waals surface area contributed by atoms with Crippen LogP contribution >= 0.6 is 0 Å². The molecule has 27 heavy (non-hydrogen) atoms. The molecule has 1 aliphatic rings. The van der Waals surface area contributed by atoms with E-state index in [2.05, 4.69) is 5.32 Å². The van der Waals surface area contributed by atoms with Crippen molar-refractivity contribution in [3.05, 3.63) is 23.5 Å². The largest absolute Gasteiger partial charge is 0.456 e. The van der Waals surface area contributed by atoms with Crippen LogP contribution in [0.15, 0.2) is 12.1 Å². The number of halogens is 9. The molecule has 0 amide bonds. The van der Waals surface area contributed by atoms with E-state index in [1.54, 1.807) is 0 Å². The van der Waals surface area contributed by atoms with Gasteiger partial charge in [-0.3, -0.25) is 4.79 Å². The number of carbonyl (C=O) groups is 1. The average Bonchev–Trinajstić information content (AvgIpc) is 3.02. The first-order chi connectivity index (χ1) is 12.1. The highest BCUT2D eigenvalue weighted by atomic mass is 19.4. The van der Waals surface area contributed by atoms with Crippen LogP contribution in [0.1, 0.15) is 16.2 Å². The Hall–Kier alpha value is -1.80. The zero-order chi connectivity index (χ0) is 21.1. The van der Waals surface area contributed by atoms with Crippen molar-refractivity contribution in [2.75, 3.05) is 26.3 Å². The van der Waals surface area contributed by atoms with Gasteiger partial charge in [0.15, 0.2) is 0 Å². The number of hydrogen-bond donors (Lipinski definition) is 3. The number of Topliss-reactive ketones (excluding diaryl/α,β-unsaturated/α-hetero) is 1. The second-order valence-corrected chi connectivity index (χ2v) is 5.18. The molecule has 1 aromatic heterocycles. The van der Waals surface area contributed by atoms with E-state index in [4.69, 9.17) is 9.84 Å². The quantitative estimate of drug-likeness (QED) is 0.512. The highest BCUT2D eigenvalue weighted by Crippen LogP contribution is 2.49. The van der Waals surface area contributed by atoms with Crippen LogP contribution in [-0.4, -0.2) is 60.7 Å².